The maximum Gasteiger partial charge on any atom is 0.246 e. The molecular weight excluding hydrogens is 218 g/mol. The van der Waals surface area contributed by atoms with Crippen LogP contribution in [0.2, 0.25) is 0 Å². The Hall–Kier alpha value is -0.610. The van der Waals surface area contributed by atoms with Crippen LogP contribution >= 0.6 is 0 Å². The third-order valence-electron chi connectivity index (χ3n) is 4.21. The second-order valence-electron chi connectivity index (χ2n) is 5.02. The molecule has 2 aliphatic rings. The number of rotatable bonds is 6. The standard InChI is InChI=1S/C13H23NO3/c1-3-16-9-12(15)14-10-8-11(17-4-2)13(10)6-5-7-13/h10-11H,3-9H2,1-2H3,(H,14,15)/t10-,11-/m0/s1. The fraction of sp³-hybridized carbons (Fsp3) is 0.923. The van der Waals surface area contributed by atoms with Crippen molar-refractivity contribution in [3.63, 3.8) is 0 Å². The Morgan fingerprint density at radius 1 is 1.35 bits per heavy atom. The molecule has 4 nitrogen and oxygen atoms in total. The lowest BCUT2D eigenvalue weighted by Crippen LogP contribution is -2.67. The Balaban J connectivity index is 1.81. The van der Waals surface area contributed by atoms with Crippen LogP contribution in [0.25, 0.3) is 0 Å². The Kier molecular flexibility index (Phi) is 4.05. The van der Waals surface area contributed by atoms with Gasteiger partial charge in [0.25, 0.3) is 0 Å². The first kappa shape index (κ1) is 12.8. The van der Waals surface area contributed by atoms with Gasteiger partial charge in [0.2, 0.25) is 5.91 Å². The number of ether oxygens (including phenoxy) is 2. The van der Waals surface area contributed by atoms with Crippen molar-refractivity contribution in [1.29, 1.82) is 0 Å². The molecule has 0 aromatic rings. The number of hydrogen-bond donors (Lipinski definition) is 1. The fourth-order valence-electron chi connectivity index (χ4n) is 3.07. The predicted octanol–water partition coefficient (Wildman–Crippen LogP) is 1.49. The first-order valence-corrected chi connectivity index (χ1v) is 6.71. The lowest BCUT2D eigenvalue weighted by atomic mass is 9.51. The maximum absolute atomic E-state index is 11.6. The van der Waals surface area contributed by atoms with Crippen LogP contribution in [0.4, 0.5) is 0 Å². The van der Waals surface area contributed by atoms with E-state index >= 15 is 0 Å². The van der Waals surface area contributed by atoms with Gasteiger partial charge in [0.1, 0.15) is 6.61 Å². The van der Waals surface area contributed by atoms with Crippen molar-refractivity contribution in [2.45, 2.75) is 51.7 Å². The predicted molar refractivity (Wildman–Crippen MR) is 64.7 cm³/mol. The summed E-state index contributed by atoms with van der Waals surface area (Å²) in [5.41, 5.74) is 0.248. The van der Waals surface area contributed by atoms with Gasteiger partial charge >= 0.3 is 0 Å². The molecule has 4 heteroatoms. The van der Waals surface area contributed by atoms with Gasteiger partial charge in [0.15, 0.2) is 0 Å². The summed E-state index contributed by atoms with van der Waals surface area (Å²) in [6, 6.07) is 0.306. The number of amides is 1. The molecule has 98 valence electrons. The quantitative estimate of drug-likeness (QED) is 0.766. The van der Waals surface area contributed by atoms with Crippen LogP contribution in [0, 0.1) is 5.41 Å². The summed E-state index contributed by atoms with van der Waals surface area (Å²) in [5.74, 6) is 0.0121. The molecule has 2 saturated carbocycles. The monoisotopic (exact) mass is 241 g/mol. The molecule has 2 rings (SSSR count). The minimum atomic E-state index is 0.0121. The molecule has 2 aliphatic carbocycles. The van der Waals surface area contributed by atoms with E-state index in [-0.39, 0.29) is 17.9 Å². The normalized spacial score (nSPS) is 29.5. The van der Waals surface area contributed by atoms with Crippen molar-refractivity contribution >= 4 is 5.91 Å². The molecule has 0 aromatic carbocycles. The Morgan fingerprint density at radius 3 is 2.65 bits per heavy atom. The highest BCUT2D eigenvalue weighted by atomic mass is 16.5. The SMILES string of the molecule is CCOCC(=O)N[C@H]1C[C@H](OCC)C12CCC2. The second kappa shape index (κ2) is 5.36. The van der Waals surface area contributed by atoms with E-state index < -0.39 is 0 Å². The fourth-order valence-corrected chi connectivity index (χ4v) is 3.07. The van der Waals surface area contributed by atoms with E-state index in [1.54, 1.807) is 0 Å². The summed E-state index contributed by atoms with van der Waals surface area (Å²) in [4.78, 5) is 11.6. The number of carbonyl (C=O) groups is 1. The molecule has 0 aromatic heterocycles. The van der Waals surface area contributed by atoms with Crippen molar-refractivity contribution in [2.24, 2.45) is 5.41 Å². The van der Waals surface area contributed by atoms with E-state index in [4.69, 9.17) is 9.47 Å². The second-order valence-corrected chi connectivity index (χ2v) is 5.02. The van der Waals surface area contributed by atoms with Gasteiger partial charge < -0.3 is 14.8 Å². The average Bonchev–Trinajstić information content (AvgIpc) is 2.22. The van der Waals surface area contributed by atoms with E-state index in [0.717, 1.165) is 13.0 Å². The van der Waals surface area contributed by atoms with Gasteiger partial charge in [-0.25, -0.2) is 0 Å². The van der Waals surface area contributed by atoms with Gasteiger partial charge in [-0.05, 0) is 33.1 Å². The molecular formula is C13H23NO3. The van der Waals surface area contributed by atoms with Crippen molar-refractivity contribution in [3.8, 4) is 0 Å². The third kappa shape index (κ3) is 2.33. The van der Waals surface area contributed by atoms with Gasteiger partial charge in [-0.15, -0.1) is 0 Å². The highest BCUT2D eigenvalue weighted by Crippen LogP contribution is 2.57. The molecule has 1 spiro atoms. The van der Waals surface area contributed by atoms with Crippen molar-refractivity contribution < 1.29 is 14.3 Å². The van der Waals surface area contributed by atoms with Crippen molar-refractivity contribution in [1.82, 2.24) is 5.32 Å². The van der Waals surface area contributed by atoms with Gasteiger partial charge in [-0.1, -0.05) is 6.42 Å². The average molecular weight is 241 g/mol. The molecule has 1 N–H and O–H groups in total. The van der Waals surface area contributed by atoms with E-state index in [0.29, 0.717) is 18.8 Å². The molecule has 17 heavy (non-hydrogen) atoms. The first-order chi connectivity index (χ1) is 8.23. The summed E-state index contributed by atoms with van der Waals surface area (Å²) in [5, 5.41) is 3.09. The summed E-state index contributed by atoms with van der Waals surface area (Å²) in [7, 11) is 0. The zero-order valence-corrected chi connectivity index (χ0v) is 10.8. The summed E-state index contributed by atoms with van der Waals surface area (Å²) >= 11 is 0. The van der Waals surface area contributed by atoms with Crippen molar-refractivity contribution in [2.75, 3.05) is 19.8 Å². The third-order valence-corrected chi connectivity index (χ3v) is 4.21. The van der Waals surface area contributed by atoms with Crippen LogP contribution in [0.3, 0.4) is 0 Å². The molecule has 0 bridgehead atoms. The topological polar surface area (TPSA) is 47.6 Å². The Labute approximate surface area is 103 Å². The summed E-state index contributed by atoms with van der Waals surface area (Å²) in [6.07, 6.45) is 4.97. The molecule has 0 saturated heterocycles. The largest absolute Gasteiger partial charge is 0.378 e. The van der Waals surface area contributed by atoms with Gasteiger partial charge in [-0.2, -0.15) is 0 Å². The molecule has 0 aliphatic heterocycles. The number of nitrogens with one attached hydrogen (secondary N) is 1. The van der Waals surface area contributed by atoms with Gasteiger partial charge in [0.05, 0.1) is 6.10 Å². The van der Waals surface area contributed by atoms with Crippen LogP contribution in [-0.2, 0) is 14.3 Å². The molecule has 2 atom stereocenters. The molecule has 0 radical (unpaired) electrons. The molecule has 1 amide bonds. The smallest absolute Gasteiger partial charge is 0.246 e. The van der Waals surface area contributed by atoms with E-state index in [2.05, 4.69) is 5.32 Å². The van der Waals surface area contributed by atoms with E-state index in [1.165, 1.54) is 19.3 Å². The summed E-state index contributed by atoms with van der Waals surface area (Å²) in [6.45, 7) is 5.47. The molecule has 0 heterocycles. The van der Waals surface area contributed by atoms with Gasteiger partial charge in [0, 0.05) is 24.7 Å². The first-order valence-electron chi connectivity index (χ1n) is 6.71. The maximum atomic E-state index is 11.6. The Morgan fingerprint density at radius 2 is 2.12 bits per heavy atom. The van der Waals surface area contributed by atoms with Crippen LogP contribution < -0.4 is 5.32 Å². The van der Waals surface area contributed by atoms with E-state index in [9.17, 15) is 4.79 Å². The molecule has 0 unspecified atom stereocenters. The zero-order chi connectivity index (χ0) is 12.3. The Bertz CT molecular complexity index is 276. The highest BCUT2D eigenvalue weighted by molar-refractivity contribution is 5.77. The minimum absolute atomic E-state index is 0.0121. The van der Waals surface area contributed by atoms with Crippen molar-refractivity contribution in [3.05, 3.63) is 0 Å². The summed E-state index contributed by atoms with van der Waals surface area (Å²) < 4.78 is 10.9. The minimum Gasteiger partial charge on any atom is -0.378 e. The van der Waals surface area contributed by atoms with Gasteiger partial charge in [-0.3, -0.25) is 4.79 Å². The lowest BCUT2D eigenvalue weighted by molar-refractivity contribution is -0.176. The van der Waals surface area contributed by atoms with Crippen LogP contribution in [0.15, 0.2) is 0 Å². The highest BCUT2D eigenvalue weighted by Gasteiger charge is 2.59. The number of hydrogen-bond acceptors (Lipinski definition) is 3. The zero-order valence-electron chi connectivity index (χ0n) is 10.8. The lowest BCUT2D eigenvalue weighted by Gasteiger charge is -2.61. The van der Waals surface area contributed by atoms with Crippen LogP contribution in [0.1, 0.15) is 39.5 Å². The van der Waals surface area contributed by atoms with E-state index in [1.807, 2.05) is 13.8 Å². The van der Waals surface area contributed by atoms with Crippen LogP contribution in [-0.4, -0.2) is 37.9 Å². The van der Waals surface area contributed by atoms with Crippen LogP contribution in [0.5, 0.6) is 0 Å². The number of carbonyl (C=O) groups excluding carboxylic acids is 1. The molecule has 2 fully saturated rings.